The van der Waals surface area contributed by atoms with Crippen molar-refractivity contribution in [1.29, 1.82) is 0 Å². The van der Waals surface area contributed by atoms with E-state index in [9.17, 15) is 9.59 Å². The van der Waals surface area contributed by atoms with Crippen molar-refractivity contribution >= 4 is 39.4 Å². The number of benzene rings is 4. The van der Waals surface area contributed by atoms with Crippen LogP contribution in [-0.4, -0.2) is 18.9 Å². The Morgan fingerprint density at radius 3 is 2.26 bits per heavy atom. The highest BCUT2D eigenvalue weighted by molar-refractivity contribution is 6.07. The van der Waals surface area contributed by atoms with Crippen LogP contribution < -0.4 is 15.4 Å². The molecule has 174 valence electrons. The Balaban J connectivity index is 1.40. The fraction of sp³-hybridized carbons (Fsp3) is 0.103. The molecule has 0 saturated heterocycles. The van der Waals surface area contributed by atoms with Gasteiger partial charge in [0.1, 0.15) is 16.9 Å². The number of fused-ring (bicyclic) bond motifs is 3. The van der Waals surface area contributed by atoms with Crippen LogP contribution in [0.1, 0.15) is 28.4 Å². The summed E-state index contributed by atoms with van der Waals surface area (Å²) >= 11 is 0. The number of anilines is 1. The minimum Gasteiger partial charge on any atom is -0.495 e. The molecule has 4 aromatic carbocycles. The molecule has 5 rings (SSSR count). The number of methoxy groups -OCH3 is 1. The van der Waals surface area contributed by atoms with E-state index in [2.05, 4.69) is 10.6 Å². The summed E-state index contributed by atoms with van der Waals surface area (Å²) in [6.07, 6.45) is 0.0455. The van der Waals surface area contributed by atoms with E-state index < -0.39 is 6.04 Å². The molecule has 6 nitrogen and oxygen atoms in total. The summed E-state index contributed by atoms with van der Waals surface area (Å²) in [6, 6.07) is 29.3. The smallest absolute Gasteiger partial charge is 0.251 e. The fourth-order valence-electron chi connectivity index (χ4n) is 4.17. The van der Waals surface area contributed by atoms with Gasteiger partial charge in [0.25, 0.3) is 5.91 Å². The predicted molar refractivity (Wildman–Crippen MR) is 137 cm³/mol. The summed E-state index contributed by atoms with van der Waals surface area (Å²) in [4.78, 5) is 26.0. The van der Waals surface area contributed by atoms with E-state index in [1.54, 1.807) is 37.4 Å². The van der Waals surface area contributed by atoms with Crippen molar-refractivity contribution in [1.82, 2.24) is 5.32 Å². The van der Waals surface area contributed by atoms with Gasteiger partial charge in [0.2, 0.25) is 5.91 Å². The number of rotatable bonds is 7. The molecular formula is C29H24N2O4. The molecule has 6 heteroatoms. The first-order chi connectivity index (χ1) is 17.1. The summed E-state index contributed by atoms with van der Waals surface area (Å²) in [7, 11) is 1.56. The standard InChI is InChI=1S/C29H24N2O4/c1-34-27-16-22-21-14-8-9-15-25(21)35-26(22)17-24(27)30-28(32)18-23(19-10-4-2-5-11-19)31-29(33)20-12-6-3-7-13-20/h2-17,23H,18H2,1H3,(H,30,32)(H,31,33). The number of ether oxygens (including phenoxy) is 1. The normalized spacial score (nSPS) is 11.8. The minimum absolute atomic E-state index is 0.0455. The number of para-hydroxylation sites is 1. The topological polar surface area (TPSA) is 80.6 Å². The molecule has 0 aliphatic heterocycles. The average Bonchev–Trinajstić information content (AvgIpc) is 3.26. The van der Waals surface area contributed by atoms with Crippen LogP contribution in [0.4, 0.5) is 5.69 Å². The number of hydrogen-bond acceptors (Lipinski definition) is 4. The van der Waals surface area contributed by atoms with Crippen LogP contribution in [0.15, 0.2) is 101 Å². The first kappa shape index (κ1) is 22.2. The number of hydrogen-bond donors (Lipinski definition) is 2. The van der Waals surface area contributed by atoms with Crippen molar-refractivity contribution in [2.45, 2.75) is 12.5 Å². The molecule has 1 unspecified atom stereocenters. The summed E-state index contributed by atoms with van der Waals surface area (Å²) in [5, 5.41) is 7.82. The van der Waals surface area contributed by atoms with Crippen molar-refractivity contribution in [3.05, 3.63) is 108 Å². The number of furan rings is 1. The summed E-state index contributed by atoms with van der Waals surface area (Å²) in [6.45, 7) is 0. The molecule has 0 aliphatic rings. The molecule has 0 saturated carbocycles. The van der Waals surface area contributed by atoms with Gasteiger partial charge in [0.15, 0.2) is 0 Å². The zero-order valence-electron chi connectivity index (χ0n) is 19.2. The Morgan fingerprint density at radius 1 is 0.829 bits per heavy atom. The molecule has 0 radical (unpaired) electrons. The molecule has 1 heterocycles. The molecule has 35 heavy (non-hydrogen) atoms. The van der Waals surface area contributed by atoms with Gasteiger partial charge < -0.3 is 19.8 Å². The fourth-order valence-corrected chi connectivity index (χ4v) is 4.17. The van der Waals surface area contributed by atoms with Crippen LogP contribution in [0.3, 0.4) is 0 Å². The lowest BCUT2D eigenvalue weighted by Gasteiger charge is -2.19. The molecule has 1 aromatic heterocycles. The first-order valence-electron chi connectivity index (χ1n) is 11.3. The van der Waals surface area contributed by atoms with E-state index in [4.69, 9.17) is 9.15 Å². The van der Waals surface area contributed by atoms with E-state index in [0.29, 0.717) is 22.6 Å². The molecule has 2 N–H and O–H groups in total. The van der Waals surface area contributed by atoms with Crippen LogP contribution in [-0.2, 0) is 4.79 Å². The van der Waals surface area contributed by atoms with E-state index in [1.807, 2.05) is 66.7 Å². The average molecular weight is 465 g/mol. The lowest BCUT2D eigenvalue weighted by atomic mass is 10.0. The second-order valence-electron chi connectivity index (χ2n) is 8.20. The molecule has 2 amide bonds. The third-order valence-electron chi connectivity index (χ3n) is 5.91. The van der Waals surface area contributed by atoms with Crippen molar-refractivity contribution in [3.63, 3.8) is 0 Å². The van der Waals surface area contributed by atoms with Gasteiger partial charge in [-0.05, 0) is 29.8 Å². The summed E-state index contributed by atoms with van der Waals surface area (Å²) in [5.41, 5.74) is 3.29. The molecular weight excluding hydrogens is 440 g/mol. The zero-order valence-corrected chi connectivity index (χ0v) is 19.2. The second-order valence-corrected chi connectivity index (χ2v) is 8.20. The molecule has 5 aromatic rings. The summed E-state index contributed by atoms with van der Waals surface area (Å²) in [5.74, 6) is 0.0245. The van der Waals surface area contributed by atoms with Crippen molar-refractivity contribution < 1.29 is 18.7 Å². The first-order valence-corrected chi connectivity index (χ1v) is 11.3. The van der Waals surface area contributed by atoms with Gasteiger partial charge >= 0.3 is 0 Å². The van der Waals surface area contributed by atoms with Gasteiger partial charge in [-0.25, -0.2) is 0 Å². The monoisotopic (exact) mass is 464 g/mol. The van der Waals surface area contributed by atoms with Gasteiger partial charge in [-0.15, -0.1) is 0 Å². The number of carbonyl (C=O) groups excluding carboxylic acids is 2. The Kier molecular flexibility index (Phi) is 6.18. The van der Waals surface area contributed by atoms with Crippen LogP contribution in [0.2, 0.25) is 0 Å². The van der Waals surface area contributed by atoms with Crippen LogP contribution in [0.5, 0.6) is 5.75 Å². The molecule has 0 bridgehead atoms. The maximum Gasteiger partial charge on any atom is 0.251 e. The van der Waals surface area contributed by atoms with Crippen LogP contribution in [0, 0.1) is 0 Å². The second kappa shape index (κ2) is 9.73. The van der Waals surface area contributed by atoms with E-state index in [0.717, 1.165) is 21.9 Å². The molecule has 0 aliphatic carbocycles. The van der Waals surface area contributed by atoms with Gasteiger partial charge in [-0.1, -0.05) is 66.7 Å². The third kappa shape index (κ3) is 4.73. The molecule has 0 fully saturated rings. The van der Waals surface area contributed by atoms with Crippen molar-refractivity contribution in [2.75, 3.05) is 12.4 Å². The highest BCUT2D eigenvalue weighted by atomic mass is 16.5. The molecule has 0 spiro atoms. The number of amides is 2. The maximum atomic E-state index is 13.1. The quantitative estimate of drug-likeness (QED) is 0.305. The lowest BCUT2D eigenvalue weighted by molar-refractivity contribution is -0.116. The highest BCUT2D eigenvalue weighted by Gasteiger charge is 2.21. The highest BCUT2D eigenvalue weighted by Crippen LogP contribution is 2.36. The van der Waals surface area contributed by atoms with Gasteiger partial charge in [0.05, 0.1) is 25.3 Å². The van der Waals surface area contributed by atoms with E-state index in [1.165, 1.54) is 0 Å². The SMILES string of the molecule is COc1cc2c(cc1NC(=O)CC(NC(=O)c1ccccc1)c1ccccc1)oc1ccccc12. The minimum atomic E-state index is -0.509. The predicted octanol–water partition coefficient (Wildman–Crippen LogP) is 6.09. The summed E-state index contributed by atoms with van der Waals surface area (Å²) < 4.78 is 11.5. The lowest BCUT2D eigenvalue weighted by Crippen LogP contribution is -2.31. The Hall–Kier alpha value is -4.58. The van der Waals surface area contributed by atoms with Crippen molar-refractivity contribution in [3.8, 4) is 5.75 Å². The van der Waals surface area contributed by atoms with Gasteiger partial charge in [-0.2, -0.15) is 0 Å². The van der Waals surface area contributed by atoms with Crippen molar-refractivity contribution in [2.24, 2.45) is 0 Å². The van der Waals surface area contributed by atoms with Gasteiger partial charge in [-0.3, -0.25) is 9.59 Å². The molecule has 1 atom stereocenters. The Labute approximate surface area is 202 Å². The van der Waals surface area contributed by atoms with Crippen LogP contribution in [0.25, 0.3) is 21.9 Å². The third-order valence-corrected chi connectivity index (χ3v) is 5.91. The number of carbonyl (C=O) groups is 2. The maximum absolute atomic E-state index is 13.1. The van der Waals surface area contributed by atoms with Crippen LogP contribution >= 0.6 is 0 Å². The Bertz CT molecular complexity index is 1490. The Morgan fingerprint density at radius 2 is 1.51 bits per heavy atom. The number of nitrogens with one attached hydrogen (secondary N) is 2. The zero-order chi connectivity index (χ0) is 24.2. The van der Waals surface area contributed by atoms with E-state index in [-0.39, 0.29) is 18.2 Å². The largest absolute Gasteiger partial charge is 0.495 e. The van der Waals surface area contributed by atoms with E-state index >= 15 is 0 Å². The van der Waals surface area contributed by atoms with Gasteiger partial charge in [0, 0.05) is 22.4 Å².